The van der Waals surface area contributed by atoms with Crippen molar-refractivity contribution in [3.05, 3.63) is 10.5 Å². The molecule has 1 aliphatic heterocycles. The van der Waals surface area contributed by atoms with E-state index in [1.54, 1.807) is 11.7 Å². The molecule has 24 heavy (non-hydrogen) atoms. The average molecular weight is 337 g/mol. The molecule has 2 aromatic heterocycles. The summed E-state index contributed by atoms with van der Waals surface area (Å²) in [4.78, 5) is 23.5. The van der Waals surface area contributed by atoms with Crippen LogP contribution in [0.2, 0.25) is 0 Å². The maximum atomic E-state index is 12.3. The predicted octanol–water partition coefficient (Wildman–Crippen LogP) is 0.542. The lowest BCUT2D eigenvalue weighted by Crippen LogP contribution is -2.27. The molecule has 0 spiro atoms. The van der Waals surface area contributed by atoms with Crippen LogP contribution < -0.4 is 16.2 Å². The van der Waals surface area contributed by atoms with Gasteiger partial charge in [0, 0.05) is 26.2 Å². The Morgan fingerprint density at radius 3 is 3.04 bits per heavy atom. The Hall–Kier alpha value is -2.13. The SMILES string of the molecule is COCC(C)Oc1nc(N)c2[nH]c(=O)n(CC3CCCOC3)c2n1. The maximum absolute atomic E-state index is 12.3. The summed E-state index contributed by atoms with van der Waals surface area (Å²) in [5.41, 5.74) is 6.59. The third kappa shape index (κ3) is 3.51. The molecule has 2 unspecified atom stereocenters. The van der Waals surface area contributed by atoms with Crippen LogP contribution in [0.4, 0.5) is 5.82 Å². The molecule has 1 fully saturated rings. The first-order chi connectivity index (χ1) is 11.6. The number of H-pyrrole nitrogens is 1. The molecule has 0 radical (unpaired) electrons. The minimum atomic E-state index is -0.251. The smallest absolute Gasteiger partial charge is 0.327 e. The number of methoxy groups -OCH3 is 1. The third-order valence-corrected chi connectivity index (χ3v) is 4.03. The van der Waals surface area contributed by atoms with Gasteiger partial charge in [0.25, 0.3) is 0 Å². The van der Waals surface area contributed by atoms with E-state index in [1.165, 1.54) is 0 Å². The van der Waals surface area contributed by atoms with E-state index in [4.69, 9.17) is 19.9 Å². The number of nitrogens with two attached hydrogens (primary N) is 1. The fourth-order valence-electron chi connectivity index (χ4n) is 2.91. The van der Waals surface area contributed by atoms with Crippen LogP contribution >= 0.6 is 0 Å². The van der Waals surface area contributed by atoms with Gasteiger partial charge >= 0.3 is 11.7 Å². The van der Waals surface area contributed by atoms with Crippen LogP contribution in [0.1, 0.15) is 19.8 Å². The Labute approximate surface area is 139 Å². The summed E-state index contributed by atoms with van der Waals surface area (Å²) >= 11 is 0. The van der Waals surface area contributed by atoms with Gasteiger partial charge < -0.3 is 24.9 Å². The summed E-state index contributed by atoms with van der Waals surface area (Å²) in [6.07, 6.45) is 1.80. The van der Waals surface area contributed by atoms with Crippen LogP contribution in [0.3, 0.4) is 0 Å². The van der Waals surface area contributed by atoms with Gasteiger partial charge in [-0.2, -0.15) is 9.97 Å². The highest BCUT2D eigenvalue weighted by atomic mass is 16.5. The van der Waals surface area contributed by atoms with Crippen LogP contribution in [0.25, 0.3) is 11.2 Å². The summed E-state index contributed by atoms with van der Waals surface area (Å²) in [6.45, 7) is 4.21. The highest BCUT2D eigenvalue weighted by Crippen LogP contribution is 2.21. The lowest BCUT2D eigenvalue weighted by atomic mass is 10.0. The van der Waals surface area contributed by atoms with Gasteiger partial charge in [0.2, 0.25) is 0 Å². The van der Waals surface area contributed by atoms with Crippen LogP contribution in [-0.4, -0.2) is 52.6 Å². The molecule has 2 aromatic rings. The number of nitrogens with zero attached hydrogens (tertiary/aromatic N) is 3. The Bertz CT molecular complexity index is 750. The van der Waals surface area contributed by atoms with E-state index in [9.17, 15) is 4.79 Å². The summed E-state index contributed by atoms with van der Waals surface area (Å²) in [6, 6.07) is 0.136. The molecule has 0 saturated carbocycles. The molecule has 9 heteroatoms. The van der Waals surface area contributed by atoms with E-state index >= 15 is 0 Å². The number of nitrogen functional groups attached to an aromatic ring is 1. The standard InChI is InChI=1S/C15H23N5O4/c1-9(7-22-2)24-14-18-12(16)11-13(19-14)20(15(21)17-11)6-10-4-3-5-23-8-10/h9-10H,3-8H2,1-2H3,(H,17,21)(H2,16,18,19). The van der Waals surface area contributed by atoms with Crippen molar-refractivity contribution >= 4 is 17.0 Å². The summed E-state index contributed by atoms with van der Waals surface area (Å²) < 4.78 is 17.7. The molecule has 3 rings (SSSR count). The molecule has 3 N–H and O–H groups in total. The number of hydrogen-bond donors (Lipinski definition) is 2. The first-order valence-electron chi connectivity index (χ1n) is 8.08. The molecule has 0 bridgehead atoms. The van der Waals surface area contributed by atoms with Crippen molar-refractivity contribution in [3.63, 3.8) is 0 Å². The molecule has 132 valence electrons. The van der Waals surface area contributed by atoms with E-state index in [0.29, 0.717) is 30.9 Å². The van der Waals surface area contributed by atoms with Gasteiger partial charge in [-0.15, -0.1) is 0 Å². The number of ether oxygens (including phenoxy) is 3. The van der Waals surface area contributed by atoms with Gasteiger partial charge in [-0.3, -0.25) is 4.57 Å². The van der Waals surface area contributed by atoms with Gasteiger partial charge in [0.05, 0.1) is 13.2 Å². The number of aromatic amines is 1. The molecule has 3 heterocycles. The van der Waals surface area contributed by atoms with Crippen molar-refractivity contribution in [1.82, 2.24) is 19.5 Å². The Balaban J connectivity index is 1.91. The van der Waals surface area contributed by atoms with Crippen LogP contribution in [0.15, 0.2) is 4.79 Å². The second kappa shape index (κ2) is 7.18. The number of anilines is 1. The van der Waals surface area contributed by atoms with Crippen molar-refractivity contribution in [2.45, 2.75) is 32.4 Å². The first kappa shape index (κ1) is 16.7. The maximum Gasteiger partial charge on any atom is 0.327 e. The molecule has 1 aliphatic rings. The Kier molecular flexibility index (Phi) is 5.00. The third-order valence-electron chi connectivity index (χ3n) is 4.03. The highest BCUT2D eigenvalue weighted by molar-refractivity contribution is 5.81. The first-order valence-corrected chi connectivity index (χ1v) is 8.08. The quantitative estimate of drug-likeness (QED) is 0.790. The normalized spacial score (nSPS) is 19.5. The van der Waals surface area contributed by atoms with Gasteiger partial charge in [-0.05, 0) is 19.8 Å². The minimum absolute atomic E-state index is 0.136. The van der Waals surface area contributed by atoms with Gasteiger partial charge in [-0.25, -0.2) is 4.79 Å². The van der Waals surface area contributed by atoms with E-state index in [2.05, 4.69) is 15.0 Å². The van der Waals surface area contributed by atoms with E-state index in [0.717, 1.165) is 19.4 Å². The molecule has 0 aromatic carbocycles. The second-order valence-corrected chi connectivity index (χ2v) is 6.10. The van der Waals surface area contributed by atoms with Crippen LogP contribution in [-0.2, 0) is 16.0 Å². The van der Waals surface area contributed by atoms with Crippen molar-refractivity contribution in [2.24, 2.45) is 5.92 Å². The molecule has 0 aliphatic carbocycles. The Morgan fingerprint density at radius 1 is 1.50 bits per heavy atom. The molecule has 2 atom stereocenters. The largest absolute Gasteiger partial charge is 0.458 e. The number of nitrogens with one attached hydrogen (secondary N) is 1. The molecule has 0 amide bonds. The van der Waals surface area contributed by atoms with Crippen LogP contribution in [0, 0.1) is 5.92 Å². The number of hydrogen-bond acceptors (Lipinski definition) is 7. The number of imidazole rings is 1. The van der Waals surface area contributed by atoms with Crippen molar-refractivity contribution < 1.29 is 14.2 Å². The Morgan fingerprint density at radius 2 is 2.33 bits per heavy atom. The predicted molar refractivity (Wildman–Crippen MR) is 88.1 cm³/mol. The zero-order valence-corrected chi connectivity index (χ0v) is 13.9. The van der Waals surface area contributed by atoms with Crippen LogP contribution in [0.5, 0.6) is 6.01 Å². The molecule has 9 nitrogen and oxygen atoms in total. The van der Waals surface area contributed by atoms with Gasteiger partial charge in [0.15, 0.2) is 11.5 Å². The molecule has 1 saturated heterocycles. The zero-order chi connectivity index (χ0) is 17.1. The zero-order valence-electron chi connectivity index (χ0n) is 13.9. The van der Waals surface area contributed by atoms with Gasteiger partial charge in [0.1, 0.15) is 11.6 Å². The van der Waals surface area contributed by atoms with Crippen molar-refractivity contribution in [2.75, 3.05) is 32.7 Å². The summed E-state index contributed by atoms with van der Waals surface area (Å²) in [5.74, 6) is 0.471. The monoisotopic (exact) mass is 337 g/mol. The number of fused-ring (bicyclic) bond motifs is 1. The lowest BCUT2D eigenvalue weighted by molar-refractivity contribution is 0.0484. The van der Waals surface area contributed by atoms with E-state index in [1.807, 2.05) is 6.92 Å². The fourth-order valence-corrected chi connectivity index (χ4v) is 2.91. The number of aromatic nitrogens is 4. The van der Waals surface area contributed by atoms with Crippen molar-refractivity contribution in [3.8, 4) is 6.01 Å². The topological polar surface area (TPSA) is 117 Å². The average Bonchev–Trinajstić information content (AvgIpc) is 2.86. The fraction of sp³-hybridized carbons (Fsp3) is 0.667. The summed E-state index contributed by atoms with van der Waals surface area (Å²) in [7, 11) is 1.59. The van der Waals surface area contributed by atoms with Gasteiger partial charge in [-0.1, -0.05) is 0 Å². The lowest BCUT2D eigenvalue weighted by Gasteiger charge is -2.22. The highest BCUT2D eigenvalue weighted by Gasteiger charge is 2.20. The minimum Gasteiger partial charge on any atom is -0.458 e. The number of rotatable bonds is 6. The second-order valence-electron chi connectivity index (χ2n) is 6.10. The molecular weight excluding hydrogens is 314 g/mol. The molecular formula is C15H23N5O4. The summed E-state index contributed by atoms with van der Waals surface area (Å²) in [5, 5.41) is 0. The van der Waals surface area contributed by atoms with Crippen molar-refractivity contribution in [1.29, 1.82) is 0 Å². The van der Waals surface area contributed by atoms with E-state index < -0.39 is 0 Å². The van der Waals surface area contributed by atoms with E-state index in [-0.39, 0.29) is 29.5 Å².